The minimum atomic E-state index is -4.12. The van der Waals surface area contributed by atoms with Crippen molar-refractivity contribution in [1.82, 2.24) is 0 Å². The molecule has 0 bridgehead atoms. The first-order chi connectivity index (χ1) is 16.9. The zero-order chi connectivity index (χ0) is 26.3. The first kappa shape index (κ1) is 25.8. The number of nitrogens with zero attached hydrogens (tertiary/aromatic N) is 1. The molecule has 0 atom stereocenters. The van der Waals surface area contributed by atoms with Crippen molar-refractivity contribution in [2.45, 2.75) is 43.8 Å². The molecule has 0 saturated heterocycles. The summed E-state index contributed by atoms with van der Waals surface area (Å²) in [5.41, 5.74) is 1.50. The van der Waals surface area contributed by atoms with Gasteiger partial charge in [-0.15, -0.1) is 0 Å². The number of ether oxygens (including phenoxy) is 1. The number of carbonyl (C=O) groups is 1. The second-order valence-electron chi connectivity index (χ2n) is 9.08. The molecule has 4 rings (SSSR count). The predicted octanol–water partition coefficient (Wildman–Crippen LogP) is 4.05. The fraction of sp³-hybridized carbons (Fsp3) is 0.320. The fourth-order valence-electron chi connectivity index (χ4n) is 3.96. The van der Waals surface area contributed by atoms with E-state index in [1.165, 1.54) is 28.6 Å². The Bertz CT molecular complexity index is 1500. The first-order valence-electron chi connectivity index (χ1n) is 11.3. The standard InChI is InChI=1S/C25H27NO8S2/c1-16(2)14-26(36(31,32)24-9-4-17(3)34-24)21-12-20-10-11-35(29,30)23(20)13-22(21)33-15-18-5-7-19(8-6-18)25(27)28/h4-9,12-13,16H,10-11,14-15H2,1-3H3,(H,27,28). The smallest absolute Gasteiger partial charge is 0.335 e. The summed E-state index contributed by atoms with van der Waals surface area (Å²) in [7, 11) is -7.63. The third-order valence-corrected chi connectivity index (χ3v) is 9.22. The molecule has 1 aromatic heterocycles. The molecule has 36 heavy (non-hydrogen) atoms. The number of furan rings is 1. The number of aryl methyl sites for hydroxylation is 2. The molecular formula is C25H27NO8S2. The number of fused-ring (bicyclic) bond motifs is 1. The molecule has 11 heteroatoms. The average molecular weight is 534 g/mol. The van der Waals surface area contributed by atoms with Gasteiger partial charge in [0.1, 0.15) is 18.1 Å². The average Bonchev–Trinajstić information content (AvgIpc) is 3.38. The van der Waals surface area contributed by atoms with Crippen molar-refractivity contribution in [1.29, 1.82) is 0 Å². The van der Waals surface area contributed by atoms with E-state index in [2.05, 4.69) is 0 Å². The normalized spacial score (nSPS) is 14.6. The molecule has 0 radical (unpaired) electrons. The molecule has 0 amide bonds. The van der Waals surface area contributed by atoms with E-state index in [0.717, 1.165) is 0 Å². The Hall–Kier alpha value is -3.31. The number of carboxylic acid groups (broad SMARTS) is 1. The first-order valence-corrected chi connectivity index (χ1v) is 14.4. The summed E-state index contributed by atoms with van der Waals surface area (Å²) >= 11 is 0. The van der Waals surface area contributed by atoms with E-state index in [0.29, 0.717) is 16.9 Å². The van der Waals surface area contributed by atoms with Gasteiger partial charge in [-0.05, 0) is 60.7 Å². The summed E-state index contributed by atoms with van der Waals surface area (Å²) in [5, 5.41) is 8.89. The van der Waals surface area contributed by atoms with Crippen molar-refractivity contribution < 1.29 is 35.9 Å². The lowest BCUT2D eigenvalue weighted by Gasteiger charge is -2.27. The van der Waals surface area contributed by atoms with Crippen LogP contribution in [0.2, 0.25) is 0 Å². The minimum Gasteiger partial charge on any atom is -0.487 e. The molecule has 9 nitrogen and oxygen atoms in total. The molecule has 1 aliphatic heterocycles. The van der Waals surface area contributed by atoms with Gasteiger partial charge in [0.2, 0.25) is 5.09 Å². The number of sulfone groups is 1. The van der Waals surface area contributed by atoms with E-state index in [1.54, 1.807) is 31.2 Å². The lowest BCUT2D eigenvalue weighted by Crippen LogP contribution is -2.34. The van der Waals surface area contributed by atoms with Crippen molar-refractivity contribution in [3.8, 4) is 5.75 Å². The highest BCUT2D eigenvalue weighted by Gasteiger charge is 2.34. The summed E-state index contributed by atoms with van der Waals surface area (Å²) < 4.78 is 65.1. The zero-order valence-corrected chi connectivity index (χ0v) is 21.7. The molecule has 1 aliphatic rings. The summed E-state index contributed by atoms with van der Waals surface area (Å²) in [6.07, 6.45) is 0.275. The van der Waals surface area contributed by atoms with Crippen molar-refractivity contribution in [2.24, 2.45) is 5.92 Å². The van der Waals surface area contributed by atoms with Crippen molar-refractivity contribution >= 4 is 31.5 Å². The van der Waals surface area contributed by atoms with Crippen LogP contribution < -0.4 is 9.04 Å². The molecule has 2 heterocycles. The Morgan fingerprint density at radius 2 is 1.83 bits per heavy atom. The number of carboxylic acids is 1. The zero-order valence-electron chi connectivity index (χ0n) is 20.1. The largest absolute Gasteiger partial charge is 0.487 e. The van der Waals surface area contributed by atoms with Gasteiger partial charge in [0.15, 0.2) is 9.84 Å². The van der Waals surface area contributed by atoms with Crippen molar-refractivity contribution in [3.63, 3.8) is 0 Å². The van der Waals surface area contributed by atoms with Crippen LogP contribution in [-0.4, -0.2) is 40.2 Å². The second-order valence-corrected chi connectivity index (χ2v) is 13.0. The molecule has 1 N–H and O–H groups in total. The van der Waals surface area contributed by atoms with Crippen molar-refractivity contribution in [2.75, 3.05) is 16.6 Å². The van der Waals surface area contributed by atoms with Gasteiger partial charge in [-0.2, -0.15) is 8.42 Å². The highest BCUT2D eigenvalue weighted by atomic mass is 32.2. The SMILES string of the molecule is Cc1ccc(S(=O)(=O)N(CC(C)C)c2cc3c(cc2OCc2ccc(C(=O)O)cc2)S(=O)(=O)CC3)o1. The van der Waals surface area contributed by atoms with E-state index in [9.17, 15) is 21.6 Å². The van der Waals surface area contributed by atoms with Crippen molar-refractivity contribution in [3.05, 3.63) is 71.0 Å². The van der Waals surface area contributed by atoms with Crippen LogP contribution in [-0.2, 0) is 32.9 Å². The lowest BCUT2D eigenvalue weighted by atomic mass is 10.1. The van der Waals surface area contributed by atoms with E-state index >= 15 is 0 Å². The van der Waals surface area contributed by atoms with Gasteiger partial charge in [-0.25, -0.2) is 13.2 Å². The summed E-state index contributed by atoms with van der Waals surface area (Å²) in [5.74, 6) is -0.648. The number of aromatic carboxylic acids is 1. The van der Waals surface area contributed by atoms with E-state index in [4.69, 9.17) is 14.3 Å². The monoisotopic (exact) mass is 533 g/mol. The van der Waals surface area contributed by atoms with Gasteiger partial charge in [0.05, 0.1) is 21.9 Å². The van der Waals surface area contributed by atoms with Gasteiger partial charge in [-0.1, -0.05) is 26.0 Å². The van der Waals surface area contributed by atoms with Crippen LogP contribution in [0.4, 0.5) is 5.69 Å². The molecular weight excluding hydrogens is 506 g/mol. The van der Waals surface area contributed by atoms with Crippen LogP contribution in [0.3, 0.4) is 0 Å². The van der Waals surface area contributed by atoms with Crippen LogP contribution in [0.5, 0.6) is 5.75 Å². The van der Waals surface area contributed by atoms with Gasteiger partial charge < -0.3 is 14.3 Å². The Morgan fingerprint density at radius 1 is 1.14 bits per heavy atom. The van der Waals surface area contributed by atoms with Gasteiger partial charge in [-0.3, -0.25) is 4.31 Å². The molecule has 0 unspecified atom stereocenters. The van der Waals surface area contributed by atoms with E-state index < -0.39 is 25.8 Å². The number of hydrogen-bond donors (Lipinski definition) is 1. The topological polar surface area (TPSA) is 131 Å². The molecule has 0 saturated carbocycles. The Labute approximate surface area is 210 Å². The number of hydrogen-bond acceptors (Lipinski definition) is 7. The maximum absolute atomic E-state index is 13.6. The number of sulfonamides is 1. The van der Waals surface area contributed by atoms with Crippen LogP contribution in [0.25, 0.3) is 0 Å². The Morgan fingerprint density at radius 3 is 2.42 bits per heavy atom. The number of benzene rings is 2. The summed E-state index contributed by atoms with van der Waals surface area (Å²) in [4.78, 5) is 11.2. The van der Waals surface area contributed by atoms with E-state index in [-0.39, 0.29) is 58.2 Å². The van der Waals surface area contributed by atoms with Gasteiger partial charge >= 0.3 is 5.97 Å². The molecule has 192 valence electrons. The van der Waals surface area contributed by atoms with Crippen LogP contribution in [0, 0.1) is 12.8 Å². The quantitative estimate of drug-likeness (QED) is 0.436. The third kappa shape index (κ3) is 5.12. The second kappa shape index (κ2) is 9.62. The van der Waals surface area contributed by atoms with Crippen LogP contribution in [0.15, 0.2) is 62.9 Å². The van der Waals surface area contributed by atoms with Gasteiger partial charge in [0, 0.05) is 12.6 Å². The molecule has 0 spiro atoms. The molecule has 0 aliphatic carbocycles. The fourth-order valence-corrected chi connectivity index (χ4v) is 7.11. The Balaban J connectivity index is 1.80. The van der Waals surface area contributed by atoms with Gasteiger partial charge in [0.25, 0.3) is 10.0 Å². The maximum atomic E-state index is 13.6. The minimum absolute atomic E-state index is 0.0266. The summed E-state index contributed by atoms with van der Waals surface area (Å²) in [6.45, 7) is 5.48. The lowest BCUT2D eigenvalue weighted by molar-refractivity contribution is 0.0696. The number of rotatable bonds is 9. The molecule has 3 aromatic rings. The number of anilines is 1. The highest BCUT2D eigenvalue weighted by Crippen LogP contribution is 2.40. The predicted molar refractivity (Wildman–Crippen MR) is 133 cm³/mol. The van der Waals surface area contributed by atoms with Crippen LogP contribution in [0.1, 0.15) is 41.1 Å². The summed E-state index contributed by atoms with van der Waals surface area (Å²) in [6, 6.07) is 11.9. The van der Waals surface area contributed by atoms with E-state index in [1.807, 2.05) is 13.8 Å². The molecule has 2 aromatic carbocycles. The third-order valence-electron chi connectivity index (χ3n) is 5.77. The molecule has 0 fully saturated rings. The highest BCUT2D eigenvalue weighted by molar-refractivity contribution is 7.92. The maximum Gasteiger partial charge on any atom is 0.335 e. The Kier molecular flexibility index (Phi) is 6.89. The van der Waals surface area contributed by atoms with Crippen LogP contribution >= 0.6 is 0 Å².